The number of nitrogens with one attached hydrogen (secondary N) is 1. The van der Waals surface area contributed by atoms with Gasteiger partial charge in [-0.05, 0) is 30.7 Å². The highest BCUT2D eigenvalue weighted by molar-refractivity contribution is 5.75. The van der Waals surface area contributed by atoms with E-state index in [1.165, 1.54) is 5.52 Å². The zero-order valence-electron chi connectivity index (χ0n) is 11.7. The molecule has 0 spiro atoms. The van der Waals surface area contributed by atoms with Gasteiger partial charge in [-0.25, -0.2) is 9.97 Å². The van der Waals surface area contributed by atoms with Crippen LogP contribution in [-0.2, 0) is 13.0 Å². The lowest BCUT2D eigenvalue weighted by Crippen LogP contribution is -1.99. The van der Waals surface area contributed by atoms with Crippen molar-refractivity contribution in [3.63, 3.8) is 0 Å². The minimum absolute atomic E-state index is 0.946. The van der Waals surface area contributed by atoms with E-state index in [4.69, 9.17) is 0 Å². The highest BCUT2D eigenvalue weighted by Crippen LogP contribution is 2.14. The molecule has 0 bridgehead atoms. The molecule has 1 N–H and O–H groups in total. The van der Waals surface area contributed by atoms with Gasteiger partial charge in [-0.15, -0.1) is 0 Å². The molecule has 0 amide bonds. The summed E-state index contributed by atoms with van der Waals surface area (Å²) < 4.78 is 2.21. The third-order valence-corrected chi connectivity index (χ3v) is 3.78. The van der Waals surface area contributed by atoms with Crippen molar-refractivity contribution in [2.75, 3.05) is 0 Å². The van der Waals surface area contributed by atoms with Gasteiger partial charge in [-0.2, -0.15) is 0 Å². The minimum Gasteiger partial charge on any atom is -0.342 e. The van der Waals surface area contributed by atoms with Crippen LogP contribution < -0.4 is 0 Å². The number of imidazole rings is 2. The van der Waals surface area contributed by atoms with Crippen molar-refractivity contribution in [3.8, 4) is 0 Å². The maximum atomic E-state index is 4.61. The summed E-state index contributed by atoms with van der Waals surface area (Å²) in [6.45, 7) is 0.956. The molecule has 4 nitrogen and oxygen atoms in total. The van der Waals surface area contributed by atoms with Crippen molar-refractivity contribution in [2.45, 2.75) is 19.4 Å². The number of hydrogen-bond donors (Lipinski definition) is 1. The number of para-hydroxylation sites is 4. The summed E-state index contributed by atoms with van der Waals surface area (Å²) in [4.78, 5) is 12.4. The van der Waals surface area contributed by atoms with Gasteiger partial charge in [-0.3, -0.25) is 0 Å². The summed E-state index contributed by atoms with van der Waals surface area (Å²) in [6.07, 6.45) is 3.91. The molecule has 0 saturated carbocycles. The van der Waals surface area contributed by atoms with Crippen LogP contribution in [0.25, 0.3) is 22.1 Å². The number of hydrogen-bond acceptors (Lipinski definition) is 2. The largest absolute Gasteiger partial charge is 0.342 e. The molecule has 4 heteroatoms. The third-order valence-electron chi connectivity index (χ3n) is 3.78. The summed E-state index contributed by atoms with van der Waals surface area (Å²) in [5, 5.41) is 0. The van der Waals surface area contributed by atoms with Crippen molar-refractivity contribution >= 4 is 22.1 Å². The lowest BCUT2D eigenvalue weighted by molar-refractivity contribution is 0.646. The van der Waals surface area contributed by atoms with Crippen molar-refractivity contribution < 1.29 is 0 Å². The first-order valence-corrected chi connectivity index (χ1v) is 7.24. The zero-order valence-corrected chi connectivity index (χ0v) is 11.7. The summed E-state index contributed by atoms with van der Waals surface area (Å²) >= 11 is 0. The van der Waals surface area contributed by atoms with E-state index in [2.05, 4.69) is 37.7 Å². The van der Waals surface area contributed by atoms with Gasteiger partial charge in [0.05, 0.1) is 28.4 Å². The maximum Gasteiger partial charge on any atom is 0.107 e. The number of H-pyrrole nitrogens is 1. The van der Waals surface area contributed by atoms with Gasteiger partial charge >= 0.3 is 0 Å². The molecule has 0 unspecified atom stereocenters. The molecular formula is C17H16N4. The van der Waals surface area contributed by atoms with E-state index in [0.29, 0.717) is 0 Å². The van der Waals surface area contributed by atoms with Crippen LogP contribution in [0.1, 0.15) is 12.2 Å². The fourth-order valence-corrected chi connectivity index (χ4v) is 2.73. The first kappa shape index (κ1) is 12.1. The summed E-state index contributed by atoms with van der Waals surface area (Å²) in [5.41, 5.74) is 4.41. The summed E-state index contributed by atoms with van der Waals surface area (Å²) in [5.74, 6) is 1.06. The summed E-state index contributed by atoms with van der Waals surface area (Å²) in [6, 6.07) is 16.4. The fraction of sp³-hybridized carbons (Fsp3) is 0.176. The van der Waals surface area contributed by atoms with Crippen molar-refractivity contribution in [2.24, 2.45) is 0 Å². The zero-order chi connectivity index (χ0) is 14.1. The van der Waals surface area contributed by atoms with Gasteiger partial charge in [0.25, 0.3) is 0 Å². The first-order valence-electron chi connectivity index (χ1n) is 7.24. The van der Waals surface area contributed by atoms with E-state index in [9.17, 15) is 0 Å². The van der Waals surface area contributed by atoms with E-state index in [-0.39, 0.29) is 0 Å². The molecular weight excluding hydrogens is 260 g/mol. The maximum absolute atomic E-state index is 4.61. The predicted octanol–water partition coefficient (Wildman–Crippen LogP) is 3.55. The van der Waals surface area contributed by atoms with Crippen LogP contribution in [0.2, 0.25) is 0 Å². The van der Waals surface area contributed by atoms with Crippen LogP contribution in [0.15, 0.2) is 54.9 Å². The average molecular weight is 276 g/mol. The quantitative estimate of drug-likeness (QED) is 0.619. The number of nitrogens with zero attached hydrogens (tertiary/aromatic N) is 3. The van der Waals surface area contributed by atoms with Crippen LogP contribution in [-0.4, -0.2) is 19.5 Å². The van der Waals surface area contributed by atoms with E-state index in [1.807, 2.05) is 36.7 Å². The molecule has 0 atom stereocenters. The van der Waals surface area contributed by atoms with E-state index in [1.54, 1.807) is 0 Å². The molecule has 21 heavy (non-hydrogen) atoms. The number of aryl methyl sites for hydroxylation is 2. The van der Waals surface area contributed by atoms with Gasteiger partial charge in [-0.1, -0.05) is 24.3 Å². The van der Waals surface area contributed by atoms with Crippen LogP contribution in [0.3, 0.4) is 0 Å². The molecule has 4 aromatic rings. The van der Waals surface area contributed by atoms with Gasteiger partial charge in [0.2, 0.25) is 0 Å². The fourth-order valence-electron chi connectivity index (χ4n) is 2.73. The second-order valence-electron chi connectivity index (χ2n) is 5.23. The average Bonchev–Trinajstić information content (AvgIpc) is 3.11. The van der Waals surface area contributed by atoms with Gasteiger partial charge < -0.3 is 9.55 Å². The molecule has 0 fully saturated rings. The SMILES string of the molecule is c1ccc2[nH]c(CCCn3cnc4ccccc43)nc2c1. The highest BCUT2D eigenvalue weighted by Gasteiger charge is 2.04. The second-order valence-corrected chi connectivity index (χ2v) is 5.23. The number of aromatic nitrogens is 4. The molecule has 2 heterocycles. The Balaban J connectivity index is 1.47. The van der Waals surface area contributed by atoms with Gasteiger partial charge in [0.15, 0.2) is 0 Å². The monoisotopic (exact) mass is 276 g/mol. The Labute approximate surface area is 122 Å². The van der Waals surface area contributed by atoms with Gasteiger partial charge in [0.1, 0.15) is 5.82 Å². The Morgan fingerprint density at radius 1 is 0.952 bits per heavy atom. The number of benzene rings is 2. The molecule has 2 aromatic carbocycles. The van der Waals surface area contributed by atoms with E-state index in [0.717, 1.165) is 41.8 Å². The molecule has 0 aliphatic carbocycles. The van der Waals surface area contributed by atoms with Crippen molar-refractivity contribution in [3.05, 3.63) is 60.7 Å². The van der Waals surface area contributed by atoms with E-state index >= 15 is 0 Å². The smallest absolute Gasteiger partial charge is 0.107 e. The number of fused-ring (bicyclic) bond motifs is 2. The molecule has 0 aliphatic heterocycles. The highest BCUT2D eigenvalue weighted by atomic mass is 15.0. The van der Waals surface area contributed by atoms with E-state index < -0.39 is 0 Å². The van der Waals surface area contributed by atoms with Crippen LogP contribution >= 0.6 is 0 Å². The molecule has 0 radical (unpaired) electrons. The van der Waals surface area contributed by atoms with Crippen LogP contribution in [0.5, 0.6) is 0 Å². The topological polar surface area (TPSA) is 46.5 Å². The Morgan fingerprint density at radius 3 is 2.67 bits per heavy atom. The normalized spacial score (nSPS) is 11.4. The summed E-state index contributed by atoms with van der Waals surface area (Å²) in [7, 11) is 0. The molecule has 2 aromatic heterocycles. The van der Waals surface area contributed by atoms with Crippen LogP contribution in [0.4, 0.5) is 0 Å². The number of rotatable bonds is 4. The second kappa shape index (κ2) is 5.05. The van der Waals surface area contributed by atoms with Crippen molar-refractivity contribution in [1.29, 1.82) is 0 Å². The number of aromatic amines is 1. The lowest BCUT2D eigenvalue weighted by Gasteiger charge is -2.02. The Hall–Kier alpha value is -2.62. The lowest BCUT2D eigenvalue weighted by atomic mass is 10.3. The Bertz CT molecular complexity index is 855. The molecule has 4 rings (SSSR count). The minimum atomic E-state index is 0.946. The predicted molar refractivity (Wildman–Crippen MR) is 84.1 cm³/mol. The Morgan fingerprint density at radius 2 is 1.76 bits per heavy atom. The molecule has 0 aliphatic rings. The molecule has 0 saturated heterocycles. The third kappa shape index (κ3) is 2.29. The first-order chi connectivity index (χ1) is 10.4. The van der Waals surface area contributed by atoms with Crippen molar-refractivity contribution in [1.82, 2.24) is 19.5 Å². The van der Waals surface area contributed by atoms with Gasteiger partial charge in [0, 0.05) is 13.0 Å². The molecule has 104 valence electrons. The standard InChI is InChI=1S/C17H16N4/c1-2-7-14-13(6-1)19-17(20-14)10-5-11-21-12-18-15-8-3-4-9-16(15)21/h1-4,6-9,12H,5,10-11H2,(H,19,20). The Kier molecular flexibility index (Phi) is 2.92. The van der Waals surface area contributed by atoms with Crippen LogP contribution in [0, 0.1) is 0 Å².